The van der Waals surface area contributed by atoms with Crippen LogP contribution in [0.2, 0.25) is 0 Å². The number of hydrogen-bond acceptors (Lipinski definition) is 3. The molecule has 0 fully saturated rings. The zero-order valence-electron chi connectivity index (χ0n) is 12.0. The average Bonchev–Trinajstić information content (AvgIpc) is 2.44. The van der Waals surface area contributed by atoms with Gasteiger partial charge in [-0.3, -0.25) is 9.69 Å². The van der Waals surface area contributed by atoms with Crippen LogP contribution in [0.5, 0.6) is 5.75 Å². The zero-order chi connectivity index (χ0) is 14.8. The van der Waals surface area contributed by atoms with E-state index < -0.39 is 5.97 Å². The van der Waals surface area contributed by atoms with E-state index in [9.17, 15) is 4.79 Å². The van der Waals surface area contributed by atoms with E-state index in [0.717, 1.165) is 18.7 Å². The smallest absolute Gasteiger partial charge is 0.307 e. The number of rotatable bonds is 10. The van der Waals surface area contributed by atoms with Gasteiger partial charge in [0.25, 0.3) is 0 Å². The van der Waals surface area contributed by atoms with Gasteiger partial charge in [-0.25, -0.2) is 0 Å². The van der Waals surface area contributed by atoms with E-state index in [-0.39, 0.29) is 5.92 Å². The van der Waals surface area contributed by atoms with Gasteiger partial charge in [0, 0.05) is 19.6 Å². The molecule has 1 rings (SSSR count). The molecule has 0 amide bonds. The van der Waals surface area contributed by atoms with Crippen LogP contribution in [0, 0.1) is 5.92 Å². The maximum atomic E-state index is 10.9. The maximum Gasteiger partial charge on any atom is 0.307 e. The van der Waals surface area contributed by atoms with Crippen molar-refractivity contribution in [2.75, 3.05) is 26.2 Å². The Hall–Kier alpha value is -1.81. The molecular formula is C16H23NO3. The van der Waals surface area contributed by atoms with Gasteiger partial charge in [-0.05, 0) is 18.6 Å². The fourth-order valence-electron chi connectivity index (χ4n) is 1.90. The number of nitrogens with zero attached hydrogens (tertiary/aromatic N) is 1. The fraction of sp³-hybridized carbons (Fsp3) is 0.438. The van der Waals surface area contributed by atoms with Crippen molar-refractivity contribution in [1.29, 1.82) is 0 Å². The first-order chi connectivity index (χ1) is 9.63. The highest BCUT2D eigenvalue weighted by molar-refractivity contribution is 5.69. The van der Waals surface area contributed by atoms with Crippen LogP contribution < -0.4 is 4.74 Å². The number of carboxylic acids is 1. The highest BCUT2D eigenvalue weighted by Crippen LogP contribution is 2.09. The molecule has 1 aromatic rings. The van der Waals surface area contributed by atoms with Crippen LogP contribution >= 0.6 is 0 Å². The lowest BCUT2D eigenvalue weighted by atomic mass is 10.1. The first-order valence-electron chi connectivity index (χ1n) is 6.87. The summed E-state index contributed by atoms with van der Waals surface area (Å²) in [7, 11) is 0. The largest absolute Gasteiger partial charge is 0.494 e. The molecule has 0 aliphatic rings. The molecule has 4 heteroatoms. The highest BCUT2D eigenvalue weighted by atomic mass is 16.5. The minimum absolute atomic E-state index is 0.370. The third-order valence-corrected chi connectivity index (χ3v) is 2.97. The summed E-state index contributed by atoms with van der Waals surface area (Å²) in [5.41, 5.74) is 0. The Morgan fingerprint density at radius 2 is 2.15 bits per heavy atom. The molecule has 0 radical (unpaired) electrons. The number of aliphatic carboxylic acids is 1. The summed E-state index contributed by atoms with van der Waals surface area (Å²) < 4.78 is 5.62. The number of ether oxygens (including phenoxy) is 1. The van der Waals surface area contributed by atoms with Crippen molar-refractivity contribution in [3.8, 4) is 5.75 Å². The molecule has 0 aliphatic carbocycles. The summed E-state index contributed by atoms with van der Waals surface area (Å²) in [6.45, 7) is 8.09. The van der Waals surface area contributed by atoms with E-state index in [4.69, 9.17) is 9.84 Å². The number of para-hydroxylation sites is 1. The van der Waals surface area contributed by atoms with E-state index in [0.29, 0.717) is 19.7 Å². The molecule has 0 aromatic heterocycles. The molecule has 1 unspecified atom stereocenters. The molecule has 1 N–H and O–H groups in total. The SMILES string of the molecule is C=CCN(CCCOc1ccccc1)CC(C)C(=O)O. The predicted octanol–water partition coefficient (Wildman–Crippen LogP) is 2.66. The van der Waals surface area contributed by atoms with Gasteiger partial charge in [0.1, 0.15) is 5.75 Å². The minimum Gasteiger partial charge on any atom is -0.494 e. The van der Waals surface area contributed by atoms with E-state index in [1.165, 1.54) is 0 Å². The van der Waals surface area contributed by atoms with Crippen LogP contribution in [0.4, 0.5) is 0 Å². The topological polar surface area (TPSA) is 49.8 Å². The molecule has 1 aromatic carbocycles. The summed E-state index contributed by atoms with van der Waals surface area (Å²) in [5, 5.41) is 8.94. The summed E-state index contributed by atoms with van der Waals surface area (Å²) in [6.07, 6.45) is 2.65. The summed E-state index contributed by atoms with van der Waals surface area (Å²) in [6, 6.07) is 9.68. The van der Waals surface area contributed by atoms with E-state index in [2.05, 4.69) is 11.5 Å². The van der Waals surface area contributed by atoms with Crippen LogP contribution in [0.15, 0.2) is 43.0 Å². The lowest BCUT2D eigenvalue weighted by molar-refractivity contribution is -0.141. The van der Waals surface area contributed by atoms with Gasteiger partial charge in [0.05, 0.1) is 12.5 Å². The fourth-order valence-corrected chi connectivity index (χ4v) is 1.90. The second kappa shape index (κ2) is 9.15. The Morgan fingerprint density at radius 3 is 2.75 bits per heavy atom. The average molecular weight is 277 g/mol. The van der Waals surface area contributed by atoms with Gasteiger partial charge in [-0.15, -0.1) is 6.58 Å². The van der Waals surface area contributed by atoms with Crippen LogP contribution in [0.25, 0.3) is 0 Å². The first kappa shape index (κ1) is 16.2. The lowest BCUT2D eigenvalue weighted by Gasteiger charge is -2.22. The van der Waals surface area contributed by atoms with Crippen molar-refractivity contribution in [2.24, 2.45) is 5.92 Å². The Morgan fingerprint density at radius 1 is 1.45 bits per heavy atom. The third-order valence-electron chi connectivity index (χ3n) is 2.97. The molecule has 0 heterocycles. The molecule has 1 atom stereocenters. The molecule has 110 valence electrons. The number of carbonyl (C=O) groups is 1. The van der Waals surface area contributed by atoms with Crippen LogP contribution in [0.3, 0.4) is 0 Å². The van der Waals surface area contributed by atoms with E-state index in [1.807, 2.05) is 30.3 Å². The predicted molar refractivity (Wildman–Crippen MR) is 80.0 cm³/mol. The Kier molecular flexibility index (Phi) is 7.43. The molecule has 4 nitrogen and oxygen atoms in total. The molecule has 20 heavy (non-hydrogen) atoms. The van der Waals surface area contributed by atoms with Crippen LogP contribution in [-0.2, 0) is 4.79 Å². The molecule has 0 saturated heterocycles. The van der Waals surface area contributed by atoms with Crippen LogP contribution in [-0.4, -0.2) is 42.2 Å². The van der Waals surface area contributed by atoms with Crippen molar-refractivity contribution in [2.45, 2.75) is 13.3 Å². The lowest BCUT2D eigenvalue weighted by Crippen LogP contribution is -2.33. The molecule has 0 spiro atoms. The van der Waals surface area contributed by atoms with Crippen molar-refractivity contribution < 1.29 is 14.6 Å². The summed E-state index contributed by atoms with van der Waals surface area (Å²) in [4.78, 5) is 13.0. The Bertz CT molecular complexity index is 405. The quantitative estimate of drug-likeness (QED) is 0.527. The third kappa shape index (κ3) is 6.38. The van der Waals surface area contributed by atoms with E-state index >= 15 is 0 Å². The zero-order valence-corrected chi connectivity index (χ0v) is 12.0. The van der Waals surface area contributed by atoms with Crippen LogP contribution in [0.1, 0.15) is 13.3 Å². The van der Waals surface area contributed by atoms with Gasteiger partial charge in [0.2, 0.25) is 0 Å². The summed E-state index contributed by atoms with van der Waals surface area (Å²) in [5.74, 6) is -0.272. The highest BCUT2D eigenvalue weighted by Gasteiger charge is 2.14. The first-order valence-corrected chi connectivity index (χ1v) is 6.87. The molecule has 0 saturated carbocycles. The second-order valence-corrected chi connectivity index (χ2v) is 4.80. The van der Waals surface area contributed by atoms with Crippen molar-refractivity contribution in [1.82, 2.24) is 4.90 Å². The molecule has 0 bridgehead atoms. The standard InChI is InChI=1S/C16H23NO3/c1-3-10-17(13-14(2)16(18)19)11-7-12-20-15-8-5-4-6-9-15/h3-6,8-9,14H,1,7,10-13H2,2H3,(H,18,19). The number of benzene rings is 1. The van der Waals surface area contributed by atoms with Crippen molar-refractivity contribution >= 4 is 5.97 Å². The van der Waals surface area contributed by atoms with Gasteiger partial charge < -0.3 is 9.84 Å². The molecular weight excluding hydrogens is 254 g/mol. The van der Waals surface area contributed by atoms with Crippen molar-refractivity contribution in [3.63, 3.8) is 0 Å². The number of carboxylic acid groups (broad SMARTS) is 1. The Balaban J connectivity index is 2.28. The maximum absolute atomic E-state index is 10.9. The summed E-state index contributed by atoms with van der Waals surface area (Å²) >= 11 is 0. The second-order valence-electron chi connectivity index (χ2n) is 4.80. The van der Waals surface area contributed by atoms with E-state index in [1.54, 1.807) is 13.0 Å². The van der Waals surface area contributed by atoms with Gasteiger partial charge in [0.15, 0.2) is 0 Å². The normalized spacial score (nSPS) is 12.1. The minimum atomic E-state index is -0.764. The van der Waals surface area contributed by atoms with Crippen molar-refractivity contribution in [3.05, 3.63) is 43.0 Å². The monoisotopic (exact) mass is 277 g/mol. The Labute approximate surface area is 120 Å². The number of hydrogen-bond donors (Lipinski definition) is 1. The van der Waals surface area contributed by atoms with Gasteiger partial charge in [-0.2, -0.15) is 0 Å². The van der Waals surface area contributed by atoms with Gasteiger partial charge in [-0.1, -0.05) is 31.2 Å². The molecule has 0 aliphatic heterocycles. The van der Waals surface area contributed by atoms with Gasteiger partial charge >= 0.3 is 5.97 Å².